The molecule has 1 saturated heterocycles. The van der Waals surface area contributed by atoms with Gasteiger partial charge in [0.2, 0.25) is 5.91 Å². The summed E-state index contributed by atoms with van der Waals surface area (Å²) in [5.74, 6) is 0.491. The first kappa shape index (κ1) is 21.4. The highest BCUT2D eigenvalue weighted by molar-refractivity contribution is 5.79. The number of carbonyl (C=O) groups excluding carboxylic acids is 1. The van der Waals surface area contributed by atoms with Crippen molar-refractivity contribution >= 4 is 5.91 Å². The fraction of sp³-hybridized carbons (Fsp3) is 0.955. The number of hydrogen-bond acceptors (Lipinski definition) is 3. The summed E-state index contributed by atoms with van der Waals surface area (Å²) in [6, 6.07) is 0.330. The van der Waals surface area contributed by atoms with E-state index < -0.39 is 12.3 Å². The van der Waals surface area contributed by atoms with Crippen LogP contribution in [0.25, 0.3) is 0 Å². The second-order valence-corrected chi connectivity index (χ2v) is 9.83. The van der Waals surface area contributed by atoms with Crippen molar-refractivity contribution in [1.82, 2.24) is 15.5 Å². The summed E-state index contributed by atoms with van der Waals surface area (Å²) in [5.41, 5.74) is 0. The largest absolute Gasteiger partial charge is 0.417 e. The number of fused-ring (bicyclic) bond motifs is 1. The summed E-state index contributed by atoms with van der Waals surface area (Å²) >= 11 is 0. The predicted molar refractivity (Wildman–Crippen MR) is 106 cm³/mol. The highest BCUT2D eigenvalue weighted by Gasteiger charge is 2.53. The van der Waals surface area contributed by atoms with Gasteiger partial charge in [-0.1, -0.05) is 32.1 Å². The molecule has 3 atom stereocenters. The van der Waals surface area contributed by atoms with E-state index in [1.807, 2.05) is 0 Å². The molecular weight excluding hydrogens is 379 g/mol. The van der Waals surface area contributed by atoms with Crippen molar-refractivity contribution in [2.24, 2.45) is 11.8 Å². The average Bonchev–Trinajstić information content (AvgIpc) is 3.08. The van der Waals surface area contributed by atoms with E-state index in [2.05, 4.69) is 10.6 Å². The lowest BCUT2D eigenvalue weighted by Crippen LogP contribution is -2.51. The zero-order valence-electron chi connectivity index (χ0n) is 17.4. The number of hydrogen-bond donors (Lipinski definition) is 2. The quantitative estimate of drug-likeness (QED) is 0.718. The van der Waals surface area contributed by atoms with Crippen molar-refractivity contribution < 1.29 is 18.0 Å². The van der Waals surface area contributed by atoms with Gasteiger partial charge in [0, 0.05) is 30.6 Å². The number of nitrogens with one attached hydrogen (secondary N) is 2. The Morgan fingerprint density at radius 3 is 2.24 bits per heavy atom. The monoisotopic (exact) mass is 415 g/mol. The van der Waals surface area contributed by atoms with Gasteiger partial charge >= 0.3 is 6.18 Å². The molecule has 4 rings (SSSR count). The highest BCUT2D eigenvalue weighted by Crippen LogP contribution is 2.39. The minimum atomic E-state index is -4.23. The number of alkyl halides is 3. The first-order chi connectivity index (χ1) is 13.9. The van der Waals surface area contributed by atoms with Crippen molar-refractivity contribution in [3.63, 3.8) is 0 Å². The molecule has 4 nitrogen and oxygen atoms in total. The predicted octanol–water partition coefficient (Wildman–Crippen LogP) is 4.35. The third-order valence-electron chi connectivity index (χ3n) is 7.81. The molecule has 3 unspecified atom stereocenters. The Morgan fingerprint density at radius 1 is 0.897 bits per heavy atom. The third-order valence-corrected chi connectivity index (χ3v) is 7.81. The SMILES string of the molecule is O=C(NC1CCCCC1)C1CCC(CN2C3CCCCC3NC2C(F)(F)F)CC1. The summed E-state index contributed by atoms with van der Waals surface area (Å²) < 4.78 is 40.9. The minimum Gasteiger partial charge on any atom is -0.353 e. The molecule has 3 saturated carbocycles. The van der Waals surface area contributed by atoms with E-state index in [1.54, 1.807) is 4.90 Å². The molecule has 0 bridgehead atoms. The molecule has 3 aliphatic carbocycles. The Labute approximate surface area is 172 Å². The van der Waals surface area contributed by atoms with E-state index in [4.69, 9.17) is 0 Å². The molecule has 1 amide bonds. The third kappa shape index (κ3) is 5.09. The zero-order chi connectivity index (χ0) is 20.4. The smallest absolute Gasteiger partial charge is 0.353 e. The van der Waals surface area contributed by atoms with Crippen LogP contribution in [0.3, 0.4) is 0 Å². The van der Waals surface area contributed by atoms with Gasteiger partial charge in [0.25, 0.3) is 0 Å². The molecule has 4 aliphatic rings. The fourth-order valence-electron chi connectivity index (χ4n) is 6.19. The van der Waals surface area contributed by atoms with E-state index in [0.29, 0.717) is 12.6 Å². The normalized spacial score (nSPS) is 37.3. The van der Waals surface area contributed by atoms with Crippen LogP contribution in [-0.4, -0.2) is 47.8 Å². The van der Waals surface area contributed by atoms with Crippen LogP contribution < -0.4 is 10.6 Å². The molecule has 29 heavy (non-hydrogen) atoms. The van der Waals surface area contributed by atoms with Crippen LogP contribution in [0.15, 0.2) is 0 Å². The fourth-order valence-corrected chi connectivity index (χ4v) is 6.19. The summed E-state index contributed by atoms with van der Waals surface area (Å²) in [4.78, 5) is 14.3. The van der Waals surface area contributed by atoms with Crippen LogP contribution >= 0.6 is 0 Å². The first-order valence-electron chi connectivity index (χ1n) is 11.8. The van der Waals surface area contributed by atoms with Gasteiger partial charge in [-0.05, 0) is 57.3 Å². The molecule has 1 aliphatic heterocycles. The molecule has 0 aromatic carbocycles. The molecule has 0 aromatic heterocycles. The van der Waals surface area contributed by atoms with Crippen LogP contribution in [0.4, 0.5) is 13.2 Å². The number of halogens is 3. The number of nitrogens with zero attached hydrogens (tertiary/aromatic N) is 1. The van der Waals surface area contributed by atoms with Crippen molar-refractivity contribution in [3.05, 3.63) is 0 Å². The van der Waals surface area contributed by atoms with Gasteiger partial charge < -0.3 is 5.32 Å². The molecule has 0 radical (unpaired) electrons. The summed E-state index contributed by atoms with van der Waals surface area (Å²) in [5, 5.41) is 6.11. The van der Waals surface area contributed by atoms with Crippen LogP contribution in [0.5, 0.6) is 0 Å². The van der Waals surface area contributed by atoms with Crippen molar-refractivity contribution in [1.29, 1.82) is 0 Å². The van der Waals surface area contributed by atoms with Gasteiger partial charge in [0.05, 0.1) is 0 Å². The second kappa shape index (κ2) is 9.13. The Bertz CT molecular complexity index is 556. The van der Waals surface area contributed by atoms with Crippen LogP contribution in [0.2, 0.25) is 0 Å². The van der Waals surface area contributed by atoms with E-state index in [-0.39, 0.29) is 29.8 Å². The van der Waals surface area contributed by atoms with Crippen LogP contribution in [0.1, 0.15) is 83.5 Å². The van der Waals surface area contributed by atoms with E-state index >= 15 is 0 Å². The molecule has 0 spiro atoms. The number of amides is 1. The van der Waals surface area contributed by atoms with Crippen LogP contribution in [-0.2, 0) is 4.79 Å². The Kier molecular flexibility index (Phi) is 6.74. The lowest BCUT2D eigenvalue weighted by molar-refractivity contribution is -0.186. The highest BCUT2D eigenvalue weighted by atomic mass is 19.4. The summed E-state index contributed by atoms with van der Waals surface area (Å²) in [6.45, 7) is 0.509. The maximum atomic E-state index is 13.6. The lowest BCUT2D eigenvalue weighted by atomic mass is 9.80. The first-order valence-corrected chi connectivity index (χ1v) is 11.8. The molecule has 0 aromatic rings. The Hall–Kier alpha value is -0.820. The van der Waals surface area contributed by atoms with Gasteiger partial charge in [-0.3, -0.25) is 15.0 Å². The lowest BCUT2D eigenvalue weighted by Gasteiger charge is -2.37. The van der Waals surface area contributed by atoms with Gasteiger partial charge in [-0.15, -0.1) is 0 Å². The summed E-state index contributed by atoms with van der Waals surface area (Å²) in [6.07, 6.45) is 7.23. The molecule has 166 valence electrons. The maximum Gasteiger partial charge on any atom is 0.417 e. The topological polar surface area (TPSA) is 44.4 Å². The molecule has 1 heterocycles. The van der Waals surface area contributed by atoms with Crippen LogP contribution in [0, 0.1) is 11.8 Å². The maximum absolute atomic E-state index is 13.6. The number of rotatable bonds is 4. The Balaban J connectivity index is 1.29. The van der Waals surface area contributed by atoms with E-state index in [9.17, 15) is 18.0 Å². The molecule has 2 N–H and O–H groups in total. The van der Waals surface area contributed by atoms with E-state index in [1.165, 1.54) is 19.3 Å². The number of carbonyl (C=O) groups is 1. The van der Waals surface area contributed by atoms with Gasteiger partial charge in [0.1, 0.15) is 0 Å². The standard InChI is InChI=1S/C22H36F3N3O/c23-22(24,25)21-27-18-8-4-5-9-19(18)28(21)14-15-10-12-16(13-11-15)20(29)26-17-6-2-1-3-7-17/h15-19,21,27H,1-14H2,(H,26,29). The molecule has 4 fully saturated rings. The van der Waals surface area contributed by atoms with Gasteiger partial charge in [0.15, 0.2) is 6.17 Å². The van der Waals surface area contributed by atoms with Crippen molar-refractivity contribution in [2.45, 2.75) is 114 Å². The second-order valence-electron chi connectivity index (χ2n) is 9.83. The zero-order valence-corrected chi connectivity index (χ0v) is 17.4. The Morgan fingerprint density at radius 2 is 1.55 bits per heavy atom. The molecule has 7 heteroatoms. The van der Waals surface area contributed by atoms with Gasteiger partial charge in [-0.2, -0.15) is 13.2 Å². The average molecular weight is 416 g/mol. The van der Waals surface area contributed by atoms with E-state index in [0.717, 1.165) is 64.2 Å². The van der Waals surface area contributed by atoms with Crippen molar-refractivity contribution in [2.75, 3.05) is 6.54 Å². The minimum absolute atomic E-state index is 0.0164. The molecular formula is C22H36F3N3O. The van der Waals surface area contributed by atoms with Gasteiger partial charge in [-0.25, -0.2) is 0 Å². The summed E-state index contributed by atoms with van der Waals surface area (Å²) in [7, 11) is 0. The van der Waals surface area contributed by atoms with Crippen molar-refractivity contribution in [3.8, 4) is 0 Å².